The van der Waals surface area contributed by atoms with Crippen molar-refractivity contribution in [1.29, 1.82) is 0 Å². The lowest BCUT2D eigenvalue weighted by Gasteiger charge is -2.33. The number of pyridine rings is 1. The van der Waals surface area contributed by atoms with Crippen molar-refractivity contribution in [1.82, 2.24) is 4.98 Å². The molecule has 1 aromatic heterocycles. The fourth-order valence-corrected chi connectivity index (χ4v) is 2.46. The van der Waals surface area contributed by atoms with E-state index in [0.717, 1.165) is 35.1 Å². The van der Waals surface area contributed by atoms with Crippen molar-refractivity contribution in [3.05, 3.63) is 36.0 Å². The van der Waals surface area contributed by atoms with Crippen LogP contribution in [0.25, 0.3) is 10.9 Å². The SMILES string of the molecule is CCC(CC)(CN)Nc1cc(C)nc2ccccc12. The van der Waals surface area contributed by atoms with Crippen LogP contribution in [0.2, 0.25) is 0 Å². The fourth-order valence-electron chi connectivity index (χ4n) is 2.46. The molecule has 0 saturated heterocycles. The monoisotopic (exact) mass is 257 g/mol. The molecule has 0 bridgehead atoms. The molecular weight excluding hydrogens is 234 g/mol. The van der Waals surface area contributed by atoms with Crippen LogP contribution in [0.15, 0.2) is 30.3 Å². The van der Waals surface area contributed by atoms with E-state index in [2.05, 4.69) is 42.3 Å². The summed E-state index contributed by atoms with van der Waals surface area (Å²) in [6.07, 6.45) is 2.02. The lowest BCUT2D eigenvalue weighted by molar-refractivity contribution is 0.446. The minimum absolute atomic E-state index is 0.0312. The minimum Gasteiger partial charge on any atom is -0.378 e. The number of hydrogen-bond donors (Lipinski definition) is 2. The molecule has 3 heteroatoms. The largest absolute Gasteiger partial charge is 0.378 e. The molecule has 2 rings (SSSR count). The summed E-state index contributed by atoms with van der Waals surface area (Å²) in [7, 11) is 0. The van der Waals surface area contributed by atoms with Crippen LogP contribution >= 0.6 is 0 Å². The number of fused-ring (bicyclic) bond motifs is 1. The Morgan fingerprint density at radius 2 is 1.89 bits per heavy atom. The second-order valence-corrected chi connectivity index (χ2v) is 5.14. The van der Waals surface area contributed by atoms with Crippen LogP contribution in [-0.2, 0) is 0 Å². The number of para-hydroxylation sites is 1. The number of nitrogens with zero attached hydrogens (tertiary/aromatic N) is 1. The first-order chi connectivity index (χ1) is 9.14. The number of rotatable bonds is 5. The standard InChI is InChI=1S/C16H23N3/c1-4-16(5-2,11-17)19-15-10-12(3)18-14-9-7-6-8-13(14)15/h6-10H,4-5,11,17H2,1-3H3,(H,18,19). The summed E-state index contributed by atoms with van der Waals surface area (Å²) in [4.78, 5) is 4.57. The molecular formula is C16H23N3. The highest BCUT2D eigenvalue weighted by Crippen LogP contribution is 2.28. The zero-order valence-electron chi connectivity index (χ0n) is 12.0. The second kappa shape index (κ2) is 5.57. The zero-order valence-corrected chi connectivity index (χ0v) is 12.0. The van der Waals surface area contributed by atoms with Crippen molar-refractivity contribution in [2.24, 2.45) is 5.73 Å². The highest BCUT2D eigenvalue weighted by molar-refractivity contribution is 5.91. The third-order valence-electron chi connectivity index (χ3n) is 3.99. The summed E-state index contributed by atoms with van der Waals surface area (Å²) in [6, 6.07) is 10.3. The van der Waals surface area contributed by atoms with Gasteiger partial charge < -0.3 is 11.1 Å². The maximum Gasteiger partial charge on any atom is 0.0725 e. The lowest BCUT2D eigenvalue weighted by atomic mass is 9.92. The van der Waals surface area contributed by atoms with Crippen molar-refractivity contribution in [3.63, 3.8) is 0 Å². The Hall–Kier alpha value is -1.61. The van der Waals surface area contributed by atoms with E-state index in [1.807, 2.05) is 19.1 Å². The van der Waals surface area contributed by atoms with Gasteiger partial charge in [-0.05, 0) is 31.9 Å². The Bertz CT molecular complexity index is 551. The Morgan fingerprint density at radius 1 is 1.21 bits per heavy atom. The molecule has 1 heterocycles. The van der Waals surface area contributed by atoms with E-state index in [9.17, 15) is 0 Å². The summed E-state index contributed by atoms with van der Waals surface area (Å²) < 4.78 is 0. The highest BCUT2D eigenvalue weighted by atomic mass is 15.0. The van der Waals surface area contributed by atoms with Gasteiger partial charge in [-0.15, -0.1) is 0 Å². The Kier molecular flexibility index (Phi) is 4.05. The zero-order chi connectivity index (χ0) is 13.9. The van der Waals surface area contributed by atoms with Gasteiger partial charge in [-0.2, -0.15) is 0 Å². The molecule has 0 aliphatic carbocycles. The molecule has 0 unspecified atom stereocenters. The predicted octanol–water partition coefficient (Wildman–Crippen LogP) is 3.47. The van der Waals surface area contributed by atoms with E-state index in [4.69, 9.17) is 5.73 Å². The van der Waals surface area contributed by atoms with Crippen LogP contribution in [0.4, 0.5) is 5.69 Å². The van der Waals surface area contributed by atoms with Crippen LogP contribution in [0.3, 0.4) is 0 Å². The summed E-state index contributed by atoms with van der Waals surface area (Å²) in [5.41, 5.74) is 9.14. The van der Waals surface area contributed by atoms with Crippen molar-refractivity contribution >= 4 is 16.6 Å². The van der Waals surface area contributed by atoms with E-state index < -0.39 is 0 Å². The first kappa shape index (κ1) is 13.8. The van der Waals surface area contributed by atoms with Crippen molar-refractivity contribution in [2.75, 3.05) is 11.9 Å². The first-order valence-corrected chi connectivity index (χ1v) is 6.99. The topological polar surface area (TPSA) is 50.9 Å². The third kappa shape index (κ3) is 2.71. The minimum atomic E-state index is -0.0312. The summed E-state index contributed by atoms with van der Waals surface area (Å²) in [6.45, 7) is 7.02. The van der Waals surface area contributed by atoms with Crippen molar-refractivity contribution in [2.45, 2.75) is 39.2 Å². The van der Waals surface area contributed by atoms with Gasteiger partial charge in [-0.1, -0.05) is 32.0 Å². The number of hydrogen-bond acceptors (Lipinski definition) is 3. The Balaban J connectivity index is 2.50. The Labute approximate surface area is 115 Å². The van der Waals surface area contributed by atoms with Gasteiger partial charge in [0.1, 0.15) is 0 Å². The van der Waals surface area contributed by atoms with Crippen LogP contribution in [0, 0.1) is 6.92 Å². The third-order valence-corrected chi connectivity index (χ3v) is 3.99. The summed E-state index contributed by atoms with van der Waals surface area (Å²) >= 11 is 0. The molecule has 0 atom stereocenters. The van der Waals surface area contributed by atoms with Crippen LogP contribution in [-0.4, -0.2) is 17.1 Å². The molecule has 3 N–H and O–H groups in total. The molecule has 0 radical (unpaired) electrons. The van der Waals surface area contributed by atoms with E-state index in [1.54, 1.807) is 0 Å². The predicted molar refractivity (Wildman–Crippen MR) is 82.5 cm³/mol. The molecule has 102 valence electrons. The van der Waals surface area contributed by atoms with E-state index in [0.29, 0.717) is 6.54 Å². The van der Waals surface area contributed by atoms with Crippen molar-refractivity contribution in [3.8, 4) is 0 Å². The smallest absolute Gasteiger partial charge is 0.0725 e. The molecule has 3 nitrogen and oxygen atoms in total. The quantitative estimate of drug-likeness (QED) is 0.862. The van der Waals surface area contributed by atoms with Gasteiger partial charge in [0, 0.05) is 28.9 Å². The summed E-state index contributed by atoms with van der Waals surface area (Å²) in [5, 5.41) is 4.82. The summed E-state index contributed by atoms with van der Waals surface area (Å²) in [5.74, 6) is 0. The second-order valence-electron chi connectivity index (χ2n) is 5.14. The lowest BCUT2D eigenvalue weighted by Crippen LogP contribution is -2.44. The number of anilines is 1. The average molecular weight is 257 g/mol. The van der Waals surface area contributed by atoms with E-state index >= 15 is 0 Å². The fraction of sp³-hybridized carbons (Fsp3) is 0.438. The molecule has 0 spiro atoms. The molecule has 2 aromatic rings. The number of nitrogens with two attached hydrogens (primary N) is 1. The molecule has 0 aliphatic heterocycles. The van der Waals surface area contributed by atoms with Gasteiger partial charge in [-0.25, -0.2) is 0 Å². The van der Waals surface area contributed by atoms with Crippen molar-refractivity contribution < 1.29 is 0 Å². The molecule has 1 aromatic carbocycles. The normalized spacial score (nSPS) is 11.8. The van der Waals surface area contributed by atoms with Crippen LogP contribution < -0.4 is 11.1 Å². The highest BCUT2D eigenvalue weighted by Gasteiger charge is 2.24. The van der Waals surface area contributed by atoms with Crippen LogP contribution in [0.1, 0.15) is 32.4 Å². The maximum absolute atomic E-state index is 5.98. The van der Waals surface area contributed by atoms with Crippen LogP contribution in [0.5, 0.6) is 0 Å². The maximum atomic E-state index is 5.98. The van der Waals surface area contributed by atoms with Gasteiger partial charge in [0.05, 0.1) is 5.52 Å². The Morgan fingerprint density at radius 3 is 2.53 bits per heavy atom. The molecule has 0 aliphatic rings. The number of nitrogens with one attached hydrogen (secondary N) is 1. The average Bonchev–Trinajstić information content (AvgIpc) is 2.44. The van der Waals surface area contributed by atoms with Gasteiger partial charge in [-0.3, -0.25) is 4.98 Å². The van der Waals surface area contributed by atoms with Gasteiger partial charge in [0.2, 0.25) is 0 Å². The van der Waals surface area contributed by atoms with Gasteiger partial charge in [0.25, 0.3) is 0 Å². The number of benzene rings is 1. The van der Waals surface area contributed by atoms with E-state index in [-0.39, 0.29) is 5.54 Å². The van der Waals surface area contributed by atoms with Gasteiger partial charge in [0.15, 0.2) is 0 Å². The molecule has 0 saturated carbocycles. The molecule has 0 fully saturated rings. The van der Waals surface area contributed by atoms with E-state index in [1.165, 1.54) is 0 Å². The number of aryl methyl sites for hydroxylation is 1. The number of aromatic nitrogens is 1. The first-order valence-electron chi connectivity index (χ1n) is 6.99. The molecule has 19 heavy (non-hydrogen) atoms. The molecule has 0 amide bonds. The van der Waals surface area contributed by atoms with Gasteiger partial charge >= 0.3 is 0 Å².